The first-order valence-electron chi connectivity index (χ1n) is 7.48. The fourth-order valence-corrected chi connectivity index (χ4v) is 2.60. The van der Waals surface area contributed by atoms with E-state index in [1.807, 2.05) is 46.0 Å². The van der Waals surface area contributed by atoms with Gasteiger partial charge in [0.05, 0.1) is 11.3 Å². The van der Waals surface area contributed by atoms with Crippen LogP contribution in [0.15, 0.2) is 30.5 Å². The van der Waals surface area contributed by atoms with E-state index in [2.05, 4.69) is 10.1 Å². The number of carbonyl (C=O) groups is 1. The molecule has 0 spiro atoms. The van der Waals surface area contributed by atoms with E-state index in [0.717, 1.165) is 33.4 Å². The monoisotopic (exact) mass is 309 g/mol. The van der Waals surface area contributed by atoms with Crippen LogP contribution < -0.4 is 0 Å². The van der Waals surface area contributed by atoms with Crippen molar-refractivity contribution in [3.63, 3.8) is 0 Å². The zero-order valence-corrected chi connectivity index (χ0v) is 13.8. The van der Waals surface area contributed by atoms with Gasteiger partial charge < -0.3 is 4.74 Å². The number of aryl methyl sites for hydroxylation is 4. The molecule has 0 radical (unpaired) electrons. The Balaban J connectivity index is 1.80. The highest BCUT2D eigenvalue weighted by Crippen LogP contribution is 2.18. The molecular formula is C18H19N3O2. The highest BCUT2D eigenvalue weighted by Gasteiger charge is 2.13. The van der Waals surface area contributed by atoms with Crippen LogP contribution in [-0.2, 0) is 18.4 Å². The Morgan fingerprint density at radius 1 is 1.22 bits per heavy atom. The molecule has 0 N–H and O–H groups in total. The first kappa shape index (κ1) is 15.2. The van der Waals surface area contributed by atoms with Gasteiger partial charge in [-0.1, -0.05) is 23.8 Å². The highest BCUT2D eigenvalue weighted by molar-refractivity contribution is 5.93. The summed E-state index contributed by atoms with van der Waals surface area (Å²) in [4.78, 5) is 16.6. The van der Waals surface area contributed by atoms with Crippen molar-refractivity contribution in [3.05, 3.63) is 58.4 Å². The lowest BCUT2D eigenvalue weighted by Crippen LogP contribution is -2.07. The lowest BCUT2D eigenvalue weighted by atomic mass is 10.1. The van der Waals surface area contributed by atoms with E-state index < -0.39 is 0 Å². The normalized spacial score (nSPS) is 11.0. The zero-order valence-electron chi connectivity index (χ0n) is 13.8. The Kier molecular flexibility index (Phi) is 3.86. The zero-order chi connectivity index (χ0) is 16.6. The Morgan fingerprint density at radius 2 is 2.00 bits per heavy atom. The van der Waals surface area contributed by atoms with Crippen molar-refractivity contribution < 1.29 is 9.53 Å². The minimum absolute atomic E-state index is 0.260. The molecule has 5 nitrogen and oxygen atoms in total. The molecular weight excluding hydrogens is 290 g/mol. The minimum Gasteiger partial charge on any atom is -0.457 e. The number of benzene rings is 1. The average molecular weight is 309 g/mol. The maximum absolute atomic E-state index is 12.3. The van der Waals surface area contributed by atoms with E-state index in [-0.39, 0.29) is 12.6 Å². The van der Waals surface area contributed by atoms with E-state index in [0.29, 0.717) is 5.56 Å². The number of aromatic nitrogens is 3. The van der Waals surface area contributed by atoms with Crippen molar-refractivity contribution in [1.29, 1.82) is 0 Å². The van der Waals surface area contributed by atoms with Gasteiger partial charge in [-0.15, -0.1) is 0 Å². The second-order valence-corrected chi connectivity index (χ2v) is 5.81. The molecule has 0 aliphatic heterocycles. The van der Waals surface area contributed by atoms with Crippen LogP contribution in [0.4, 0.5) is 0 Å². The van der Waals surface area contributed by atoms with Crippen molar-refractivity contribution in [3.8, 4) is 0 Å². The fraction of sp³-hybridized carbons (Fsp3) is 0.278. The van der Waals surface area contributed by atoms with Gasteiger partial charge in [-0.3, -0.25) is 4.68 Å². The molecule has 5 heteroatoms. The van der Waals surface area contributed by atoms with Crippen LogP contribution in [-0.4, -0.2) is 20.7 Å². The average Bonchev–Trinajstić information content (AvgIpc) is 2.82. The Bertz CT molecular complexity index is 897. The number of carbonyl (C=O) groups excluding carboxylic acids is 1. The molecule has 0 saturated heterocycles. The molecule has 0 unspecified atom stereocenters. The van der Waals surface area contributed by atoms with Crippen molar-refractivity contribution in [2.75, 3.05) is 0 Å². The van der Waals surface area contributed by atoms with Gasteiger partial charge in [-0.25, -0.2) is 9.78 Å². The number of nitrogens with zero attached hydrogens (tertiary/aromatic N) is 3. The predicted molar refractivity (Wildman–Crippen MR) is 88.3 cm³/mol. The third-order valence-corrected chi connectivity index (χ3v) is 3.96. The second-order valence-electron chi connectivity index (χ2n) is 5.81. The molecule has 118 valence electrons. The van der Waals surface area contributed by atoms with Gasteiger partial charge in [0.2, 0.25) is 0 Å². The number of hydrogen-bond acceptors (Lipinski definition) is 4. The highest BCUT2D eigenvalue weighted by atomic mass is 16.5. The molecule has 0 bridgehead atoms. The summed E-state index contributed by atoms with van der Waals surface area (Å²) < 4.78 is 7.14. The van der Waals surface area contributed by atoms with Crippen LogP contribution in [0, 0.1) is 20.8 Å². The number of pyridine rings is 1. The summed E-state index contributed by atoms with van der Waals surface area (Å²) in [6.45, 7) is 6.19. The van der Waals surface area contributed by atoms with Gasteiger partial charge in [0, 0.05) is 18.6 Å². The molecule has 2 heterocycles. The van der Waals surface area contributed by atoms with Gasteiger partial charge in [-0.2, -0.15) is 5.10 Å². The number of ether oxygens (including phenoxy) is 1. The van der Waals surface area contributed by atoms with Crippen LogP contribution in [0.5, 0.6) is 0 Å². The van der Waals surface area contributed by atoms with Gasteiger partial charge in [0.25, 0.3) is 0 Å². The molecule has 0 amide bonds. The maximum Gasteiger partial charge on any atom is 0.340 e. The molecule has 2 aromatic heterocycles. The van der Waals surface area contributed by atoms with Gasteiger partial charge in [0.1, 0.15) is 6.61 Å². The number of hydrogen-bond donors (Lipinski definition) is 0. The van der Waals surface area contributed by atoms with Crippen molar-refractivity contribution in [2.45, 2.75) is 27.4 Å². The summed E-state index contributed by atoms with van der Waals surface area (Å²) >= 11 is 0. The number of fused-ring (bicyclic) bond motifs is 1. The van der Waals surface area contributed by atoms with E-state index in [1.54, 1.807) is 10.7 Å². The number of esters is 1. The summed E-state index contributed by atoms with van der Waals surface area (Å²) in [5, 5.41) is 5.18. The SMILES string of the molecule is Cc1ccc(C)c(COC(=O)c2cnc3c(c2)c(C)nn3C)c1. The summed E-state index contributed by atoms with van der Waals surface area (Å²) in [6.07, 6.45) is 1.54. The topological polar surface area (TPSA) is 57.0 Å². The van der Waals surface area contributed by atoms with Gasteiger partial charge >= 0.3 is 5.97 Å². The lowest BCUT2D eigenvalue weighted by Gasteiger charge is -2.08. The van der Waals surface area contributed by atoms with Crippen molar-refractivity contribution >= 4 is 17.0 Å². The van der Waals surface area contributed by atoms with Crippen LogP contribution in [0.25, 0.3) is 11.0 Å². The van der Waals surface area contributed by atoms with Crippen molar-refractivity contribution in [2.24, 2.45) is 7.05 Å². The van der Waals surface area contributed by atoms with Gasteiger partial charge in [-0.05, 0) is 38.0 Å². The Hall–Kier alpha value is -2.69. The largest absolute Gasteiger partial charge is 0.457 e. The summed E-state index contributed by atoms with van der Waals surface area (Å²) in [5.41, 5.74) is 5.33. The Labute approximate surface area is 134 Å². The van der Waals surface area contributed by atoms with Gasteiger partial charge in [0.15, 0.2) is 5.65 Å². The lowest BCUT2D eigenvalue weighted by molar-refractivity contribution is 0.0472. The Morgan fingerprint density at radius 3 is 2.78 bits per heavy atom. The molecule has 0 fully saturated rings. The van der Waals surface area contributed by atoms with E-state index in [4.69, 9.17) is 4.74 Å². The first-order chi connectivity index (χ1) is 11.0. The summed E-state index contributed by atoms with van der Waals surface area (Å²) in [5.74, 6) is -0.372. The van der Waals surface area contributed by atoms with E-state index in [1.165, 1.54) is 6.20 Å². The van der Waals surface area contributed by atoms with Crippen LogP contribution in [0.3, 0.4) is 0 Å². The smallest absolute Gasteiger partial charge is 0.340 e. The second kappa shape index (κ2) is 5.83. The van der Waals surface area contributed by atoms with E-state index >= 15 is 0 Å². The van der Waals surface area contributed by atoms with Crippen LogP contribution in [0.2, 0.25) is 0 Å². The molecule has 0 atom stereocenters. The molecule has 0 saturated carbocycles. The first-order valence-corrected chi connectivity index (χ1v) is 7.48. The quantitative estimate of drug-likeness (QED) is 0.697. The summed E-state index contributed by atoms with van der Waals surface area (Å²) in [6, 6.07) is 7.90. The molecule has 0 aliphatic rings. The predicted octanol–water partition coefficient (Wildman–Crippen LogP) is 3.25. The molecule has 1 aromatic carbocycles. The fourth-order valence-electron chi connectivity index (χ4n) is 2.60. The molecule has 3 aromatic rings. The standard InChI is InChI=1S/C18H19N3O2/c1-11-5-6-12(2)15(7-11)10-23-18(22)14-8-16-13(3)20-21(4)17(16)19-9-14/h5-9H,10H2,1-4H3. The third-order valence-electron chi connectivity index (χ3n) is 3.96. The molecule has 3 rings (SSSR count). The summed E-state index contributed by atoms with van der Waals surface area (Å²) in [7, 11) is 1.83. The van der Waals surface area contributed by atoms with Crippen LogP contribution >= 0.6 is 0 Å². The maximum atomic E-state index is 12.3. The number of rotatable bonds is 3. The third kappa shape index (κ3) is 2.95. The van der Waals surface area contributed by atoms with E-state index in [9.17, 15) is 4.79 Å². The minimum atomic E-state index is -0.372. The van der Waals surface area contributed by atoms with Crippen LogP contribution in [0.1, 0.15) is 32.7 Å². The van der Waals surface area contributed by atoms with Crippen molar-refractivity contribution in [1.82, 2.24) is 14.8 Å². The molecule has 0 aliphatic carbocycles. The molecule has 23 heavy (non-hydrogen) atoms.